The number of halogens is 4. The van der Waals surface area contributed by atoms with Crippen molar-refractivity contribution in [2.45, 2.75) is 98.7 Å². The van der Waals surface area contributed by atoms with Gasteiger partial charge in [-0.25, -0.2) is 9.37 Å². The van der Waals surface area contributed by atoms with Crippen LogP contribution in [0.4, 0.5) is 23.2 Å². The first-order valence-corrected chi connectivity index (χ1v) is 19.4. The van der Waals surface area contributed by atoms with Crippen LogP contribution >= 0.6 is 12.8 Å². The van der Waals surface area contributed by atoms with Gasteiger partial charge in [0.1, 0.15) is 11.6 Å². The highest BCUT2D eigenvalue weighted by atomic mass is 32.1. The normalized spacial score (nSPS) is 21.2. The number of rotatable bonds is 5. The first-order chi connectivity index (χ1) is 25.8. The number of carbonyl (C=O) groups excluding carboxylic acids is 1. The Morgan fingerprint density at radius 1 is 1.00 bits per heavy atom. The highest BCUT2D eigenvalue weighted by Crippen LogP contribution is 2.45. The average Bonchev–Trinajstić information content (AvgIpc) is 3.46. The van der Waals surface area contributed by atoms with Gasteiger partial charge in [-0.3, -0.25) is 14.3 Å². The van der Waals surface area contributed by atoms with Gasteiger partial charge < -0.3 is 19.9 Å². The first kappa shape index (κ1) is 46.5. The number of nitrogens with zero attached hydrogens (tertiary/aromatic N) is 3. The summed E-state index contributed by atoms with van der Waals surface area (Å²) in [6.07, 6.45) is 6.70. The third kappa shape index (κ3) is 12.2. The van der Waals surface area contributed by atoms with Crippen LogP contribution in [0.3, 0.4) is 0 Å². The molecule has 3 N–H and O–H groups in total. The molecule has 8 nitrogen and oxygen atoms in total. The fourth-order valence-corrected chi connectivity index (χ4v) is 7.55. The van der Waals surface area contributed by atoms with E-state index in [1.165, 1.54) is 23.1 Å². The van der Waals surface area contributed by atoms with Gasteiger partial charge in [0, 0.05) is 19.0 Å². The zero-order valence-corrected chi connectivity index (χ0v) is 33.8. The van der Waals surface area contributed by atoms with Crippen LogP contribution in [0.15, 0.2) is 54.1 Å². The molecule has 1 amide bonds. The van der Waals surface area contributed by atoms with E-state index in [2.05, 4.69) is 69.6 Å². The van der Waals surface area contributed by atoms with Gasteiger partial charge in [0.2, 0.25) is 5.91 Å². The van der Waals surface area contributed by atoms with Crippen molar-refractivity contribution in [1.29, 1.82) is 0 Å². The number of piperidine rings is 1. The molecule has 13 heteroatoms. The molecule has 2 aromatic carbocycles. The molecule has 4 atom stereocenters. The number of carboxylic acid groups (broad SMARTS) is 1. The van der Waals surface area contributed by atoms with E-state index in [0.29, 0.717) is 12.5 Å². The zero-order chi connectivity index (χ0) is 40.6. The first-order valence-electron chi connectivity index (χ1n) is 19.0. The molecule has 3 aromatic rings. The molecule has 1 saturated heterocycles. The second-order valence-corrected chi connectivity index (χ2v) is 13.6. The van der Waals surface area contributed by atoms with Gasteiger partial charge in [0.05, 0.1) is 22.3 Å². The third-order valence-electron chi connectivity index (χ3n) is 10.3. The molecule has 2 aliphatic carbocycles. The van der Waals surface area contributed by atoms with E-state index >= 15 is 0 Å². The average molecular weight is 778 g/mol. The van der Waals surface area contributed by atoms with Crippen LogP contribution in [-0.2, 0) is 22.8 Å². The fourth-order valence-electron chi connectivity index (χ4n) is 7.55. The van der Waals surface area contributed by atoms with Crippen LogP contribution < -0.4 is 10.0 Å². The molecular weight excluding hydrogens is 719 g/mol. The maximum Gasteiger partial charge on any atom is 0.416 e. The van der Waals surface area contributed by atoms with Crippen molar-refractivity contribution in [3.8, 4) is 0 Å². The second kappa shape index (κ2) is 22.6. The molecule has 6 rings (SSSR count). The zero-order valence-electron chi connectivity index (χ0n) is 32.9. The minimum Gasteiger partial charge on any atom is -0.483 e. The Kier molecular flexibility index (Phi) is 19.5. The number of carbonyl (C=O) groups is 2. The van der Waals surface area contributed by atoms with E-state index in [9.17, 15) is 22.4 Å². The van der Waals surface area contributed by atoms with Crippen molar-refractivity contribution in [2.75, 3.05) is 25.5 Å². The van der Waals surface area contributed by atoms with Gasteiger partial charge in [-0.15, -0.1) is 0 Å². The number of amides is 1. The number of thiol groups is 1. The minimum atomic E-state index is -4.65. The molecular formula is C41H59F4N5O3S. The third-order valence-corrected chi connectivity index (χ3v) is 10.3. The Morgan fingerprint density at radius 2 is 1.63 bits per heavy atom. The van der Waals surface area contributed by atoms with Crippen LogP contribution in [0.1, 0.15) is 96.5 Å². The number of allylic oxidation sites excluding steroid dienone is 4. The van der Waals surface area contributed by atoms with E-state index in [-0.39, 0.29) is 41.9 Å². The van der Waals surface area contributed by atoms with Gasteiger partial charge in [-0.2, -0.15) is 13.2 Å². The lowest BCUT2D eigenvalue weighted by atomic mass is 9.66. The highest BCUT2D eigenvalue weighted by molar-refractivity contribution is 7.78. The molecule has 54 heavy (non-hydrogen) atoms. The number of aryl methyl sites for hydroxylation is 2. The van der Waals surface area contributed by atoms with Crippen LogP contribution in [0.2, 0.25) is 0 Å². The predicted octanol–water partition coefficient (Wildman–Crippen LogP) is 10.1. The number of imidazole rings is 1. The lowest BCUT2D eigenvalue weighted by molar-refractivity contribution is -0.137. The van der Waals surface area contributed by atoms with Gasteiger partial charge >= 0.3 is 6.18 Å². The summed E-state index contributed by atoms with van der Waals surface area (Å²) >= 11 is 3.54. The molecule has 300 valence electrons. The van der Waals surface area contributed by atoms with Gasteiger partial charge in [0.25, 0.3) is 6.47 Å². The summed E-state index contributed by atoms with van der Waals surface area (Å²) in [4.78, 5) is 29.3. The number of benzene rings is 2. The quantitative estimate of drug-likeness (QED) is 0.117. The van der Waals surface area contributed by atoms with E-state index in [4.69, 9.17) is 14.9 Å². The van der Waals surface area contributed by atoms with Crippen molar-refractivity contribution in [1.82, 2.24) is 19.2 Å². The molecule has 0 spiro atoms. The molecule has 2 heterocycles. The lowest BCUT2D eigenvalue weighted by Crippen LogP contribution is -2.49. The maximum atomic E-state index is 14.7. The minimum absolute atomic E-state index is 0.00240. The van der Waals surface area contributed by atoms with E-state index in [0.717, 1.165) is 74.2 Å². The molecule has 1 saturated carbocycles. The van der Waals surface area contributed by atoms with Crippen molar-refractivity contribution < 1.29 is 32.3 Å². The van der Waals surface area contributed by atoms with Gasteiger partial charge in [0.15, 0.2) is 0 Å². The molecule has 1 aromatic heterocycles. The number of hydrogen-bond acceptors (Lipinski definition) is 6. The van der Waals surface area contributed by atoms with E-state index in [1.54, 1.807) is 7.05 Å². The number of fused-ring (bicyclic) bond motifs is 1. The number of nitrogens with one attached hydrogen (secondary N) is 2. The number of anilines is 1. The standard InChI is InChI=1S/C35H40F4N4O.2C2H6.CH5NS.CH2O2/c1-21-28(24-9-7-23(8-10-24)25-11-14-33-32(17-25)40-22(2)42(33)3)19-27(43-15-5-4-6-16-43)20-29(21)34(44)41-31-13-12-26(18-30(31)36)35(37,38)39;2*1-2;1-2-3;2-1-3/h7,9,11-14,17-18,21,27-29H,4-6,8,10,15-16,19-20H2,1-3H3,(H,41,44);2*1-2H3;2-3H,1H3;1H,(H,2,3)/t21-,27?,28?,29?;;;;/m1..../s1. The summed E-state index contributed by atoms with van der Waals surface area (Å²) in [6, 6.07) is 8.94. The Morgan fingerprint density at radius 3 is 2.19 bits per heavy atom. The summed E-state index contributed by atoms with van der Waals surface area (Å²) in [6.45, 7) is 13.9. The number of aromatic nitrogens is 2. The summed E-state index contributed by atoms with van der Waals surface area (Å²) in [5.41, 5.74) is 4.58. The largest absolute Gasteiger partial charge is 0.483 e. The second-order valence-electron chi connectivity index (χ2n) is 13.2. The smallest absolute Gasteiger partial charge is 0.416 e. The van der Waals surface area contributed by atoms with Crippen LogP contribution in [0.25, 0.3) is 16.6 Å². The number of likely N-dealkylation sites (tertiary alicyclic amines) is 1. The van der Waals surface area contributed by atoms with Gasteiger partial charge in [-0.1, -0.05) is 77.6 Å². The molecule has 2 fully saturated rings. The summed E-state index contributed by atoms with van der Waals surface area (Å²) < 4.78 is 58.4. The summed E-state index contributed by atoms with van der Waals surface area (Å²) in [7, 11) is 3.76. The van der Waals surface area contributed by atoms with E-state index < -0.39 is 17.6 Å². The Bertz CT molecular complexity index is 1700. The SMILES string of the molecule is CC.CC.CNS.Cc1nc2cc(C3=CC=C(C4CC(N5CCCCC5)CC(C(=O)Nc5ccc(C(F)(F)F)cc5F)[C@@H]4C)CC3)ccc2n1C.O=CO. The van der Waals surface area contributed by atoms with E-state index in [1.807, 2.05) is 41.7 Å². The van der Waals surface area contributed by atoms with Crippen molar-refractivity contribution in [3.05, 3.63) is 76.9 Å². The maximum absolute atomic E-state index is 14.7. The predicted molar refractivity (Wildman–Crippen MR) is 215 cm³/mol. The van der Waals surface area contributed by atoms with Crippen LogP contribution in [-0.4, -0.2) is 58.1 Å². The van der Waals surface area contributed by atoms with Crippen LogP contribution in [0, 0.1) is 30.5 Å². The lowest BCUT2D eigenvalue weighted by Gasteiger charge is -2.46. The Balaban J connectivity index is 0.000000920. The number of alkyl halides is 3. The van der Waals surface area contributed by atoms with Crippen molar-refractivity contribution in [2.24, 2.45) is 24.8 Å². The highest BCUT2D eigenvalue weighted by Gasteiger charge is 2.42. The summed E-state index contributed by atoms with van der Waals surface area (Å²) in [5, 5.41) is 9.53. The topological polar surface area (TPSA) is 99.5 Å². The monoisotopic (exact) mass is 777 g/mol. The molecule has 3 aliphatic rings. The van der Waals surface area contributed by atoms with Crippen molar-refractivity contribution >= 4 is 47.5 Å². The fraction of sp³-hybridized carbons (Fsp3) is 0.537. The van der Waals surface area contributed by atoms with Crippen molar-refractivity contribution in [3.63, 3.8) is 0 Å². The Labute approximate surface area is 324 Å². The van der Waals surface area contributed by atoms with Crippen LogP contribution in [0.5, 0.6) is 0 Å². The molecule has 1 aliphatic heterocycles. The number of hydrogen-bond donors (Lipinski definition) is 4. The Hall–Kier alpha value is -3.68. The molecule has 0 radical (unpaired) electrons. The molecule has 3 unspecified atom stereocenters. The van der Waals surface area contributed by atoms with Gasteiger partial charge in [-0.05, 0) is 119 Å². The summed E-state index contributed by atoms with van der Waals surface area (Å²) in [5.74, 6) is -0.623. The molecule has 0 bridgehead atoms.